The first kappa shape index (κ1) is 12.4. The van der Waals surface area contributed by atoms with E-state index < -0.39 is 18.4 Å². The third-order valence-corrected chi connectivity index (χ3v) is 0.448. The molecule has 5 heteroatoms. The van der Waals surface area contributed by atoms with Gasteiger partial charge in [-0.1, -0.05) is 6.58 Å². The van der Waals surface area contributed by atoms with Crippen molar-refractivity contribution in [2.24, 2.45) is 0 Å². The van der Waals surface area contributed by atoms with Gasteiger partial charge in [0.05, 0.1) is 0 Å². The van der Waals surface area contributed by atoms with Gasteiger partial charge in [0, 0.05) is 5.57 Å². The number of hydrogen-bond acceptors (Lipinski definition) is 1. The number of carboxylic acids is 1. The Morgan fingerprint density at radius 2 is 1.73 bits per heavy atom. The monoisotopic (exact) mass is 168 g/mol. The lowest BCUT2D eigenvalue weighted by molar-refractivity contribution is -0.132. The molecule has 0 unspecified atom stereocenters. The summed E-state index contributed by atoms with van der Waals surface area (Å²) >= 11 is 0. The lowest BCUT2D eigenvalue weighted by atomic mass is 10.4. The third kappa shape index (κ3) is 17.7. The maximum Gasteiger partial charge on any atom is 0.330 e. The van der Waals surface area contributed by atoms with E-state index in [-0.39, 0.29) is 5.57 Å². The molecule has 0 rings (SSSR count). The van der Waals surface area contributed by atoms with E-state index >= 15 is 0 Å². The van der Waals surface area contributed by atoms with Crippen molar-refractivity contribution in [3.63, 3.8) is 0 Å². The lowest BCUT2D eigenvalue weighted by Gasteiger charge is -1.79. The van der Waals surface area contributed by atoms with Crippen LogP contribution in [0.1, 0.15) is 6.92 Å². The highest BCUT2D eigenvalue weighted by molar-refractivity contribution is 5.84. The molecule has 0 aromatic carbocycles. The van der Waals surface area contributed by atoms with Gasteiger partial charge in [-0.05, 0) is 6.92 Å². The average molecular weight is 168 g/mol. The average Bonchev–Trinajstić information content (AvgIpc) is 1.89. The molecule has 0 aliphatic heterocycles. The van der Waals surface area contributed by atoms with E-state index in [2.05, 4.69) is 6.58 Å². The number of rotatable bonds is 1. The quantitative estimate of drug-likeness (QED) is 0.610. The maximum atomic E-state index is 10.2. The van der Waals surface area contributed by atoms with Crippen molar-refractivity contribution in [2.75, 3.05) is 0 Å². The van der Waals surface area contributed by atoms with E-state index in [4.69, 9.17) is 5.11 Å². The minimum Gasteiger partial charge on any atom is -0.478 e. The van der Waals surface area contributed by atoms with Crippen molar-refractivity contribution < 1.29 is 23.1 Å². The number of aliphatic carboxylic acids is 1. The van der Waals surface area contributed by atoms with Gasteiger partial charge in [-0.2, -0.15) is 8.78 Å². The Labute approximate surface area is 61.6 Å². The molecule has 0 saturated heterocycles. The van der Waals surface area contributed by atoms with Crippen LogP contribution in [0.25, 0.3) is 0 Å². The van der Waals surface area contributed by atoms with Gasteiger partial charge in [-0.3, -0.25) is 0 Å². The Kier molecular flexibility index (Phi) is 7.74. The first-order valence-corrected chi connectivity index (χ1v) is 2.42. The molecule has 1 N–H and O–H groups in total. The Morgan fingerprint density at radius 1 is 1.55 bits per heavy atom. The van der Waals surface area contributed by atoms with Crippen molar-refractivity contribution in [1.29, 1.82) is 0 Å². The summed E-state index contributed by atoms with van der Waals surface area (Å²) in [6, 6.07) is 0. The van der Waals surface area contributed by atoms with Crippen LogP contribution < -0.4 is 0 Å². The molecule has 2 nitrogen and oxygen atoms in total. The van der Waals surface area contributed by atoms with Crippen molar-refractivity contribution in [1.82, 2.24) is 0 Å². The van der Waals surface area contributed by atoms with Gasteiger partial charge >= 0.3 is 5.97 Å². The normalized spacial score (nSPS) is 7.27. The summed E-state index contributed by atoms with van der Waals surface area (Å²) in [6.45, 7) is 4.60. The van der Waals surface area contributed by atoms with Gasteiger partial charge in [-0.15, -0.1) is 0 Å². The van der Waals surface area contributed by atoms with Crippen molar-refractivity contribution in [2.45, 2.75) is 6.92 Å². The van der Waals surface area contributed by atoms with Crippen molar-refractivity contribution in [3.05, 3.63) is 24.6 Å². The second kappa shape index (κ2) is 6.85. The van der Waals surface area contributed by atoms with E-state index in [0.717, 1.165) is 0 Å². The fourth-order valence-electron chi connectivity index (χ4n) is 0. The summed E-state index contributed by atoms with van der Waals surface area (Å²) in [5, 5.41) is 7.89. The van der Waals surface area contributed by atoms with Gasteiger partial charge in [0.2, 0.25) is 0 Å². The molecule has 0 spiro atoms. The minimum atomic E-state index is -2.29. The van der Waals surface area contributed by atoms with Crippen LogP contribution in [0.2, 0.25) is 0 Å². The molecule has 0 aromatic heterocycles. The van der Waals surface area contributed by atoms with Gasteiger partial charge < -0.3 is 5.11 Å². The largest absolute Gasteiger partial charge is 0.478 e. The van der Waals surface area contributed by atoms with Crippen LogP contribution in [0.15, 0.2) is 24.6 Å². The Balaban J connectivity index is 0. The smallest absolute Gasteiger partial charge is 0.330 e. The van der Waals surface area contributed by atoms with Gasteiger partial charge in [0.25, 0.3) is 6.08 Å². The maximum absolute atomic E-state index is 10.2. The first-order chi connectivity index (χ1) is 4.91. The van der Waals surface area contributed by atoms with Gasteiger partial charge in [0.1, 0.15) is 0 Å². The molecular formula is C6H7F3O2. The Hall–Kier alpha value is -1.26. The molecule has 0 saturated carbocycles. The van der Waals surface area contributed by atoms with Crippen LogP contribution in [0.4, 0.5) is 13.2 Å². The molecule has 0 atom stereocenters. The fraction of sp³-hybridized carbons (Fsp3) is 0.167. The summed E-state index contributed by atoms with van der Waals surface area (Å²) in [7, 11) is 0. The fourth-order valence-corrected chi connectivity index (χ4v) is 0. The Bertz CT molecular complexity index is 159. The summed E-state index contributed by atoms with van der Waals surface area (Å²) in [4.78, 5) is 9.60. The molecule has 64 valence electrons. The Morgan fingerprint density at radius 3 is 1.73 bits per heavy atom. The minimum absolute atomic E-state index is 0.176. The van der Waals surface area contributed by atoms with Gasteiger partial charge in [-0.25, -0.2) is 9.18 Å². The molecule has 0 aliphatic carbocycles. The number of carbonyl (C=O) groups is 1. The standard InChI is InChI=1S/C4H6O2.C2HF3/c1-3(2)4(5)6;3-1-2(4)5/h1H2,2H3,(H,5,6);1H. The molecule has 0 bridgehead atoms. The highest BCUT2D eigenvalue weighted by Crippen LogP contribution is 1.93. The summed E-state index contributed by atoms with van der Waals surface area (Å²) in [6.07, 6.45) is -3.04. The molecule has 11 heavy (non-hydrogen) atoms. The van der Waals surface area contributed by atoms with Gasteiger partial charge in [0.15, 0.2) is 6.33 Å². The zero-order valence-electron chi connectivity index (χ0n) is 5.77. The van der Waals surface area contributed by atoms with E-state index in [1.807, 2.05) is 0 Å². The second-order valence-corrected chi connectivity index (χ2v) is 1.48. The molecule has 0 fully saturated rings. The third-order valence-electron chi connectivity index (χ3n) is 0.448. The molecule has 0 aromatic rings. The molecule has 0 radical (unpaired) electrons. The number of halogens is 3. The summed E-state index contributed by atoms with van der Waals surface area (Å²) in [5.74, 6) is -0.935. The molecular weight excluding hydrogens is 161 g/mol. The second-order valence-electron chi connectivity index (χ2n) is 1.48. The SMILES string of the molecule is C=C(C)C(=O)O.FC=C(F)F. The van der Waals surface area contributed by atoms with Crippen molar-refractivity contribution in [3.8, 4) is 0 Å². The topological polar surface area (TPSA) is 37.3 Å². The predicted octanol–water partition coefficient (Wildman–Crippen LogP) is 2.34. The highest BCUT2D eigenvalue weighted by atomic mass is 19.3. The lowest BCUT2D eigenvalue weighted by Crippen LogP contribution is -1.92. The van der Waals surface area contributed by atoms with Crippen LogP contribution in [-0.2, 0) is 4.79 Å². The first-order valence-electron chi connectivity index (χ1n) is 2.42. The number of carboxylic acid groups (broad SMARTS) is 1. The van der Waals surface area contributed by atoms with Crippen LogP contribution in [0, 0.1) is 0 Å². The van der Waals surface area contributed by atoms with E-state index in [1.165, 1.54) is 6.92 Å². The van der Waals surface area contributed by atoms with E-state index in [0.29, 0.717) is 0 Å². The zero-order valence-corrected chi connectivity index (χ0v) is 5.77. The highest BCUT2D eigenvalue weighted by Gasteiger charge is 1.90. The predicted molar refractivity (Wildman–Crippen MR) is 33.9 cm³/mol. The molecule has 0 aliphatic rings. The molecule has 0 amide bonds. The van der Waals surface area contributed by atoms with Crippen LogP contribution in [-0.4, -0.2) is 11.1 Å². The van der Waals surface area contributed by atoms with Crippen LogP contribution in [0.5, 0.6) is 0 Å². The summed E-state index contributed by atoms with van der Waals surface area (Å²) < 4.78 is 30.7. The van der Waals surface area contributed by atoms with E-state index in [1.54, 1.807) is 0 Å². The van der Waals surface area contributed by atoms with E-state index in [9.17, 15) is 18.0 Å². The zero-order chi connectivity index (χ0) is 9.44. The van der Waals surface area contributed by atoms with Crippen LogP contribution >= 0.6 is 0 Å². The van der Waals surface area contributed by atoms with Crippen LogP contribution in [0.3, 0.4) is 0 Å². The number of hydrogen-bond donors (Lipinski definition) is 1. The van der Waals surface area contributed by atoms with Crippen molar-refractivity contribution >= 4 is 5.97 Å². The molecule has 0 heterocycles. The summed E-state index contributed by atoms with van der Waals surface area (Å²) in [5.41, 5.74) is 0.176.